The van der Waals surface area contributed by atoms with E-state index in [0.717, 1.165) is 32.1 Å². The highest BCUT2D eigenvalue weighted by atomic mass is 16.3. The molecule has 0 bridgehead atoms. The first-order valence-electron chi connectivity index (χ1n) is 9.66. The molecule has 0 radical (unpaired) electrons. The third-order valence-corrected chi connectivity index (χ3v) is 8.69. The molecule has 132 valence electrons. The van der Waals surface area contributed by atoms with Crippen molar-refractivity contribution in [2.75, 3.05) is 7.05 Å². The zero-order valence-corrected chi connectivity index (χ0v) is 15.2. The molecule has 4 nitrogen and oxygen atoms in total. The van der Waals surface area contributed by atoms with E-state index in [9.17, 15) is 15.2 Å². The molecule has 8 atom stereocenters. The van der Waals surface area contributed by atoms with Gasteiger partial charge in [0.05, 0.1) is 18.1 Å². The second-order valence-electron chi connectivity index (χ2n) is 9.43. The van der Waals surface area contributed by atoms with Crippen LogP contribution in [0.4, 0.5) is 0 Å². The summed E-state index contributed by atoms with van der Waals surface area (Å²) in [6, 6.07) is 2.89. The summed E-state index contributed by atoms with van der Waals surface area (Å²) in [5.74, 6) is 1.75. The van der Waals surface area contributed by atoms with Crippen LogP contribution in [-0.4, -0.2) is 35.1 Å². The van der Waals surface area contributed by atoms with E-state index < -0.39 is 0 Å². The molecule has 24 heavy (non-hydrogen) atoms. The summed E-state index contributed by atoms with van der Waals surface area (Å²) in [6.45, 7) is 4.62. The van der Waals surface area contributed by atoms with Crippen molar-refractivity contribution in [2.45, 2.75) is 70.9 Å². The number of piperidine rings is 1. The van der Waals surface area contributed by atoms with Crippen molar-refractivity contribution in [3.05, 3.63) is 0 Å². The Morgan fingerprint density at radius 2 is 1.96 bits per heavy atom. The van der Waals surface area contributed by atoms with Gasteiger partial charge >= 0.3 is 0 Å². The van der Waals surface area contributed by atoms with Crippen molar-refractivity contribution in [2.24, 2.45) is 34.5 Å². The molecule has 1 aliphatic heterocycles. The van der Waals surface area contributed by atoms with Crippen LogP contribution < -0.4 is 0 Å². The first-order valence-corrected chi connectivity index (χ1v) is 9.66. The van der Waals surface area contributed by atoms with E-state index in [2.05, 4.69) is 19.9 Å². The number of fused-ring (bicyclic) bond motifs is 5. The summed E-state index contributed by atoms with van der Waals surface area (Å²) < 4.78 is 0. The van der Waals surface area contributed by atoms with Gasteiger partial charge in [-0.25, -0.2) is 0 Å². The van der Waals surface area contributed by atoms with Crippen molar-refractivity contribution in [3.63, 3.8) is 0 Å². The van der Waals surface area contributed by atoms with E-state index in [1.807, 2.05) is 11.9 Å². The van der Waals surface area contributed by atoms with Crippen LogP contribution in [0.2, 0.25) is 0 Å². The van der Waals surface area contributed by atoms with E-state index in [0.29, 0.717) is 42.5 Å². The lowest BCUT2D eigenvalue weighted by Crippen LogP contribution is -2.61. The number of hydrogen-bond donors (Lipinski definition) is 1. The van der Waals surface area contributed by atoms with Crippen LogP contribution in [0.5, 0.6) is 0 Å². The van der Waals surface area contributed by atoms with Gasteiger partial charge in [0.15, 0.2) is 0 Å². The molecule has 1 N–H and O–H groups in total. The zero-order valence-electron chi connectivity index (χ0n) is 15.2. The minimum absolute atomic E-state index is 0.000835. The fourth-order valence-corrected chi connectivity index (χ4v) is 7.36. The summed E-state index contributed by atoms with van der Waals surface area (Å²) in [4.78, 5) is 14.2. The van der Waals surface area contributed by atoms with E-state index in [1.54, 1.807) is 0 Å². The minimum atomic E-state index is -0.325. The molecule has 1 saturated heterocycles. The largest absolute Gasteiger partial charge is 0.393 e. The van der Waals surface area contributed by atoms with E-state index in [-0.39, 0.29) is 22.9 Å². The second kappa shape index (κ2) is 5.21. The fourth-order valence-electron chi connectivity index (χ4n) is 7.36. The number of rotatable bonds is 0. The van der Waals surface area contributed by atoms with Crippen LogP contribution in [0.1, 0.15) is 58.8 Å². The SMILES string of the molecule is CN1C(=O)CC[C@]2(C)C3CC[C@@]4(C)C(C3CC[C@@H]12)[C@H](C#N)C[C@@H]4O. The molecule has 3 unspecified atom stereocenters. The van der Waals surface area contributed by atoms with Crippen molar-refractivity contribution >= 4 is 5.91 Å². The number of hydrogen-bond acceptors (Lipinski definition) is 3. The monoisotopic (exact) mass is 330 g/mol. The Morgan fingerprint density at radius 3 is 2.67 bits per heavy atom. The number of aliphatic hydroxyl groups excluding tert-OH is 1. The molecular weight excluding hydrogens is 300 g/mol. The van der Waals surface area contributed by atoms with Gasteiger partial charge in [-0.2, -0.15) is 5.26 Å². The summed E-state index contributed by atoms with van der Waals surface area (Å²) >= 11 is 0. The molecule has 0 aromatic rings. The summed E-state index contributed by atoms with van der Waals surface area (Å²) in [5.41, 5.74) is 0.0988. The van der Waals surface area contributed by atoms with E-state index >= 15 is 0 Å². The summed E-state index contributed by atoms with van der Waals surface area (Å²) in [5, 5.41) is 20.3. The Kier molecular flexibility index (Phi) is 3.56. The quantitative estimate of drug-likeness (QED) is 0.742. The van der Waals surface area contributed by atoms with Crippen LogP contribution in [0.15, 0.2) is 0 Å². The van der Waals surface area contributed by atoms with Gasteiger partial charge in [-0.3, -0.25) is 4.79 Å². The van der Waals surface area contributed by atoms with Crippen molar-refractivity contribution in [3.8, 4) is 6.07 Å². The Balaban J connectivity index is 1.70. The summed E-state index contributed by atoms with van der Waals surface area (Å²) in [6.07, 6.45) is 6.31. The third-order valence-electron chi connectivity index (χ3n) is 8.69. The molecule has 0 aromatic carbocycles. The number of amides is 1. The van der Waals surface area contributed by atoms with E-state index in [1.165, 1.54) is 0 Å². The number of nitrogens with zero attached hydrogens (tertiary/aromatic N) is 2. The van der Waals surface area contributed by atoms with Gasteiger partial charge in [0.25, 0.3) is 0 Å². The number of aliphatic hydroxyl groups is 1. The molecule has 4 aliphatic rings. The average molecular weight is 330 g/mol. The topological polar surface area (TPSA) is 64.3 Å². The summed E-state index contributed by atoms with van der Waals surface area (Å²) in [7, 11) is 1.98. The average Bonchev–Trinajstić information content (AvgIpc) is 2.82. The van der Waals surface area contributed by atoms with Crippen molar-refractivity contribution in [1.29, 1.82) is 5.26 Å². The maximum Gasteiger partial charge on any atom is 0.222 e. The van der Waals surface area contributed by atoms with Gasteiger partial charge in [0.1, 0.15) is 0 Å². The Labute approximate surface area is 145 Å². The van der Waals surface area contributed by atoms with Crippen LogP contribution in [0.25, 0.3) is 0 Å². The molecule has 3 aliphatic carbocycles. The standard InChI is InChI=1S/C20H30N2O2/c1-19-9-7-17(24)22(3)15(19)5-4-13-14(19)6-8-20(2)16(23)10-12(11-21)18(13)20/h12-16,18,23H,4-10H2,1-3H3/t12-,13?,14?,15+,16-,18?,19+,20+/m0/s1. The number of likely N-dealkylation sites (tertiary alicyclic amines) is 1. The molecule has 4 fully saturated rings. The maximum atomic E-state index is 12.2. The molecule has 1 heterocycles. The van der Waals surface area contributed by atoms with Gasteiger partial charge in [0, 0.05) is 19.5 Å². The minimum Gasteiger partial charge on any atom is -0.393 e. The van der Waals surface area contributed by atoms with Crippen LogP contribution >= 0.6 is 0 Å². The highest BCUT2D eigenvalue weighted by molar-refractivity contribution is 5.77. The number of nitriles is 1. The van der Waals surface area contributed by atoms with Crippen LogP contribution in [0, 0.1) is 45.8 Å². The highest BCUT2D eigenvalue weighted by Crippen LogP contribution is 2.65. The first kappa shape index (κ1) is 16.4. The number of carbonyl (C=O) groups excluding carboxylic acids is 1. The Bertz CT molecular complexity index is 599. The van der Waals surface area contributed by atoms with Gasteiger partial charge in [-0.05, 0) is 67.1 Å². The highest BCUT2D eigenvalue weighted by Gasteiger charge is 2.63. The van der Waals surface area contributed by atoms with Gasteiger partial charge in [0.2, 0.25) is 5.91 Å². The predicted molar refractivity (Wildman–Crippen MR) is 90.7 cm³/mol. The van der Waals surface area contributed by atoms with Crippen molar-refractivity contribution < 1.29 is 9.90 Å². The molecular formula is C20H30N2O2. The van der Waals surface area contributed by atoms with Crippen LogP contribution in [0.3, 0.4) is 0 Å². The lowest BCUT2D eigenvalue weighted by molar-refractivity contribution is -0.161. The van der Waals surface area contributed by atoms with Crippen LogP contribution in [-0.2, 0) is 4.79 Å². The first-order chi connectivity index (χ1) is 11.3. The molecule has 1 amide bonds. The maximum absolute atomic E-state index is 12.2. The van der Waals surface area contributed by atoms with Gasteiger partial charge in [-0.15, -0.1) is 0 Å². The van der Waals surface area contributed by atoms with Gasteiger partial charge < -0.3 is 10.0 Å². The number of carbonyl (C=O) groups is 1. The molecule has 0 spiro atoms. The predicted octanol–water partition coefficient (Wildman–Crippen LogP) is 2.96. The smallest absolute Gasteiger partial charge is 0.222 e. The molecule has 4 heteroatoms. The molecule has 0 aromatic heterocycles. The van der Waals surface area contributed by atoms with E-state index in [4.69, 9.17) is 0 Å². The lowest BCUT2D eigenvalue weighted by atomic mass is 9.46. The normalized spacial score (nSPS) is 53.8. The second-order valence-corrected chi connectivity index (χ2v) is 9.43. The third kappa shape index (κ3) is 1.91. The fraction of sp³-hybridized carbons (Fsp3) is 0.900. The zero-order chi connectivity index (χ0) is 17.3. The van der Waals surface area contributed by atoms with Crippen molar-refractivity contribution in [1.82, 2.24) is 4.90 Å². The lowest BCUT2D eigenvalue weighted by Gasteiger charge is -2.61. The molecule has 3 saturated carbocycles. The Hall–Kier alpha value is -1.08. The Morgan fingerprint density at radius 1 is 1.21 bits per heavy atom. The van der Waals surface area contributed by atoms with Gasteiger partial charge in [-0.1, -0.05) is 13.8 Å². The molecule has 4 rings (SSSR count).